The Morgan fingerprint density at radius 1 is 0.917 bits per heavy atom. The predicted octanol–water partition coefficient (Wildman–Crippen LogP) is 6.25. The van der Waals surface area contributed by atoms with Crippen molar-refractivity contribution in [1.29, 1.82) is 5.26 Å². The van der Waals surface area contributed by atoms with Crippen molar-refractivity contribution in [1.82, 2.24) is 10.2 Å². The van der Waals surface area contributed by atoms with E-state index in [1.807, 2.05) is 0 Å². The van der Waals surface area contributed by atoms with Gasteiger partial charge in [0.25, 0.3) is 17.7 Å². The number of nitrogens with zero attached hydrogens (tertiary/aromatic N) is 3. The second kappa shape index (κ2) is 13.2. The lowest BCUT2D eigenvalue weighted by Gasteiger charge is -2.29. The van der Waals surface area contributed by atoms with Crippen LogP contribution in [0, 0.1) is 11.3 Å². The number of nitrogen functional groups attached to an aromatic ring is 1. The normalized spacial score (nSPS) is 14.1. The van der Waals surface area contributed by atoms with E-state index in [0.29, 0.717) is 28.1 Å². The molecule has 1 heterocycles. The summed E-state index contributed by atoms with van der Waals surface area (Å²) < 4.78 is 40.8. The Balaban J connectivity index is 1.21. The number of alkyl halides is 3. The lowest BCUT2D eigenvalue weighted by Crippen LogP contribution is -2.43. The smallest absolute Gasteiger partial charge is 0.397 e. The van der Waals surface area contributed by atoms with Crippen LogP contribution in [0.4, 0.5) is 30.2 Å². The molecule has 0 unspecified atom stereocenters. The molecule has 3 amide bonds. The number of nitrogens with one attached hydrogen (secondary N) is 2. The predicted molar refractivity (Wildman–Crippen MR) is 179 cm³/mol. The van der Waals surface area contributed by atoms with Crippen LogP contribution in [0.3, 0.4) is 0 Å². The maximum absolute atomic E-state index is 13.6. The summed E-state index contributed by atoms with van der Waals surface area (Å²) in [7, 11) is 0. The highest BCUT2D eigenvalue weighted by atomic mass is 32.1. The molecule has 1 saturated heterocycles. The molecule has 0 saturated carbocycles. The lowest BCUT2D eigenvalue weighted by molar-refractivity contribution is -0.137. The van der Waals surface area contributed by atoms with Gasteiger partial charge in [0.15, 0.2) is 5.11 Å². The molecule has 244 valence electrons. The van der Waals surface area contributed by atoms with Gasteiger partial charge < -0.3 is 21.3 Å². The van der Waals surface area contributed by atoms with E-state index in [2.05, 4.69) is 10.6 Å². The number of thiocarbonyl (C=S) groups is 1. The van der Waals surface area contributed by atoms with Crippen LogP contribution in [-0.4, -0.2) is 33.3 Å². The van der Waals surface area contributed by atoms with Crippen molar-refractivity contribution in [2.24, 2.45) is 0 Å². The minimum Gasteiger partial charge on any atom is -0.397 e. The van der Waals surface area contributed by atoms with Gasteiger partial charge in [0.2, 0.25) is 0 Å². The first kappa shape index (κ1) is 33.6. The van der Waals surface area contributed by atoms with E-state index < -0.39 is 28.7 Å². The summed E-state index contributed by atoms with van der Waals surface area (Å²) in [6, 6.07) is 24.9. The molecular formula is C35H29F3N6O3S. The van der Waals surface area contributed by atoms with Crippen LogP contribution >= 0.6 is 12.2 Å². The van der Waals surface area contributed by atoms with E-state index in [-0.39, 0.29) is 35.7 Å². The molecule has 0 spiro atoms. The average molecular weight is 671 g/mol. The Morgan fingerprint density at radius 2 is 1.52 bits per heavy atom. The summed E-state index contributed by atoms with van der Waals surface area (Å²) in [5.41, 5.74) is 6.16. The summed E-state index contributed by atoms with van der Waals surface area (Å²) in [5.74, 6) is -1.16. The van der Waals surface area contributed by atoms with Gasteiger partial charge in [-0.3, -0.25) is 19.3 Å². The van der Waals surface area contributed by atoms with Crippen molar-refractivity contribution in [2.45, 2.75) is 38.7 Å². The number of halogens is 3. The number of rotatable bonds is 8. The zero-order valence-electron chi connectivity index (χ0n) is 25.8. The second-order valence-electron chi connectivity index (χ2n) is 11.5. The fourth-order valence-corrected chi connectivity index (χ4v) is 5.62. The van der Waals surface area contributed by atoms with Gasteiger partial charge in [0, 0.05) is 24.2 Å². The minimum atomic E-state index is -4.80. The molecule has 5 rings (SSSR count). The van der Waals surface area contributed by atoms with E-state index in [1.165, 1.54) is 12.1 Å². The maximum atomic E-state index is 13.6. The van der Waals surface area contributed by atoms with Gasteiger partial charge in [-0.05, 0) is 91.8 Å². The van der Waals surface area contributed by atoms with Crippen LogP contribution in [0.5, 0.6) is 0 Å². The van der Waals surface area contributed by atoms with Crippen molar-refractivity contribution in [3.63, 3.8) is 0 Å². The molecule has 1 fully saturated rings. The van der Waals surface area contributed by atoms with E-state index in [1.54, 1.807) is 91.5 Å². The standard InChI is InChI=1S/C35H29F3N6O3S/c1-34(2)32(47)44(26-16-15-25(18-39)27(17-26)35(36,37)38)33(48)43(34)20-22-9-13-23(14-10-22)30(45)41-19-21-7-11-24(12-8-21)31(46)42-29-6-4-3-5-28(29)40/h3-17H,19-20,40H2,1-2H3,(H,41,45)(H,42,46). The quantitative estimate of drug-likeness (QED) is 0.149. The first-order valence-corrected chi connectivity index (χ1v) is 15.0. The number of nitrogens with two attached hydrogens (primary N) is 1. The van der Waals surface area contributed by atoms with E-state index in [4.69, 9.17) is 23.2 Å². The van der Waals surface area contributed by atoms with Crippen molar-refractivity contribution in [3.8, 4) is 6.07 Å². The Bertz CT molecular complexity index is 1950. The molecule has 4 aromatic carbocycles. The number of para-hydroxylation sites is 2. The Morgan fingerprint density at radius 3 is 2.12 bits per heavy atom. The van der Waals surface area contributed by atoms with Crippen LogP contribution < -0.4 is 21.3 Å². The van der Waals surface area contributed by atoms with E-state index >= 15 is 0 Å². The Hall–Kier alpha value is -5.74. The van der Waals surface area contributed by atoms with Crippen LogP contribution in [0.15, 0.2) is 91.0 Å². The second-order valence-corrected chi connectivity index (χ2v) is 11.9. The third-order valence-electron chi connectivity index (χ3n) is 7.95. The number of hydrogen-bond acceptors (Lipinski definition) is 6. The average Bonchev–Trinajstić information content (AvgIpc) is 3.23. The highest BCUT2D eigenvalue weighted by Gasteiger charge is 2.49. The summed E-state index contributed by atoms with van der Waals surface area (Å²) in [5, 5.41) is 14.7. The van der Waals surface area contributed by atoms with Crippen LogP contribution in [-0.2, 0) is 24.1 Å². The number of carbonyl (C=O) groups excluding carboxylic acids is 3. The van der Waals surface area contributed by atoms with Crippen LogP contribution in [0.25, 0.3) is 0 Å². The van der Waals surface area contributed by atoms with E-state index in [9.17, 15) is 27.6 Å². The highest BCUT2D eigenvalue weighted by Crippen LogP contribution is 2.38. The first-order chi connectivity index (χ1) is 22.7. The number of hydrogen-bond donors (Lipinski definition) is 3. The number of carbonyl (C=O) groups is 3. The fourth-order valence-electron chi connectivity index (χ4n) is 5.14. The molecule has 0 bridgehead atoms. The highest BCUT2D eigenvalue weighted by molar-refractivity contribution is 7.80. The third kappa shape index (κ3) is 6.84. The summed E-state index contributed by atoms with van der Waals surface area (Å²) in [6.07, 6.45) is -4.80. The topological polar surface area (TPSA) is 132 Å². The van der Waals surface area contributed by atoms with Crippen LogP contribution in [0.1, 0.15) is 56.8 Å². The van der Waals surface area contributed by atoms with Crippen molar-refractivity contribution >= 4 is 52.1 Å². The first-order valence-electron chi connectivity index (χ1n) is 14.6. The maximum Gasteiger partial charge on any atom is 0.417 e. The SMILES string of the molecule is CC1(C)C(=O)N(c2ccc(C#N)c(C(F)(F)F)c2)C(=S)N1Cc1ccc(C(=O)NCc2ccc(C(=O)Nc3ccccc3N)cc2)cc1. The van der Waals surface area contributed by atoms with E-state index in [0.717, 1.165) is 22.6 Å². The number of nitriles is 1. The molecule has 0 aromatic heterocycles. The van der Waals surface area contributed by atoms with Crippen molar-refractivity contribution in [3.05, 3.63) is 124 Å². The monoisotopic (exact) mass is 670 g/mol. The molecule has 4 aromatic rings. The van der Waals surface area contributed by atoms with Crippen molar-refractivity contribution in [2.75, 3.05) is 16.0 Å². The van der Waals surface area contributed by atoms with Gasteiger partial charge in [-0.2, -0.15) is 18.4 Å². The number of anilines is 3. The van der Waals surface area contributed by atoms with Gasteiger partial charge in [0.1, 0.15) is 5.54 Å². The van der Waals surface area contributed by atoms with Gasteiger partial charge in [-0.1, -0.05) is 36.4 Å². The molecule has 9 nitrogen and oxygen atoms in total. The molecule has 0 atom stereocenters. The lowest BCUT2D eigenvalue weighted by atomic mass is 10.0. The Labute approximate surface area is 279 Å². The summed E-state index contributed by atoms with van der Waals surface area (Å²) >= 11 is 5.57. The van der Waals surface area contributed by atoms with Gasteiger partial charge in [-0.25, -0.2) is 0 Å². The molecule has 48 heavy (non-hydrogen) atoms. The van der Waals surface area contributed by atoms with Crippen LogP contribution in [0.2, 0.25) is 0 Å². The molecule has 0 aliphatic carbocycles. The zero-order valence-corrected chi connectivity index (χ0v) is 26.6. The number of benzene rings is 4. The summed E-state index contributed by atoms with van der Waals surface area (Å²) in [4.78, 5) is 41.5. The zero-order chi connectivity index (χ0) is 34.8. The van der Waals surface area contributed by atoms with Crippen molar-refractivity contribution < 1.29 is 27.6 Å². The van der Waals surface area contributed by atoms with Gasteiger partial charge in [0.05, 0.1) is 34.3 Å². The molecule has 1 aliphatic heterocycles. The number of amides is 3. The molecule has 0 radical (unpaired) electrons. The van der Waals surface area contributed by atoms with Gasteiger partial charge in [-0.15, -0.1) is 0 Å². The van der Waals surface area contributed by atoms with Gasteiger partial charge >= 0.3 is 6.18 Å². The molecule has 1 aliphatic rings. The molecular weight excluding hydrogens is 641 g/mol. The Kier molecular flexibility index (Phi) is 9.22. The fraction of sp³-hybridized carbons (Fsp3) is 0.171. The molecule has 4 N–H and O–H groups in total. The third-order valence-corrected chi connectivity index (χ3v) is 8.35. The largest absolute Gasteiger partial charge is 0.417 e. The minimum absolute atomic E-state index is 0.0114. The summed E-state index contributed by atoms with van der Waals surface area (Å²) in [6.45, 7) is 3.61. The molecule has 13 heteroatoms.